The highest BCUT2D eigenvalue weighted by atomic mass is 32.2. The predicted molar refractivity (Wildman–Crippen MR) is 216 cm³/mol. The minimum Gasteiger partial charge on any atom is -0.391 e. The molecule has 2 unspecified atom stereocenters. The van der Waals surface area contributed by atoms with Gasteiger partial charge in [-0.1, -0.05) is 206 Å². The Balaban J connectivity index is 3.75. The highest BCUT2D eigenvalue weighted by Gasteiger charge is 2.26. The van der Waals surface area contributed by atoms with Gasteiger partial charge >= 0.3 is 0 Å². The summed E-state index contributed by atoms with van der Waals surface area (Å²) in [4.78, 5) is 12.5. The maximum atomic E-state index is 12.5. The van der Waals surface area contributed by atoms with Gasteiger partial charge in [0.05, 0.1) is 17.9 Å². The Labute approximate surface area is 312 Å². The van der Waals surface area contributed by atoms with Gasteiger partial charge in [-0.3, -0.25) is 9.35 Å². The van der Waals surface area contributed by atoms with Crippen LogP contribution >= 0.6 is 0 Å². The van der Waals surface area contributed by atoms with E-state index in [0.29, 0.717) is 12.8 Å². The minimum atomic E-state index is -4.30. The zero-order valence-corrected chi connectivity index (χ0v) is 34.1. The first-order chi connectivity index (χ1) is 24.3. The van der Waals surface area contributed by atoms with Gasteiger partial charge < -0.3 is 10.4 Å². The summed E-state index contributed by atoms with van der Waals surface area (Å²) in [5, 5.41) is 13.3. The lowest BCUT2D eigenvalue weighted by molar-refractivity contribution is -0.122. The molecule has 2 atom stereocenters. The molecule has 6 nitrogen and oxygen atoms in total. The molecule has 0 saturated heterocycles. The molecule has 7 heteroatoms. The molecule has 0 aliphatic rings. The number of aliphatic hydroxyl groups excluding tert-OH is 1. The molecule has 50 heavy (non-hydrogen) atoms. The summed E-state index contributed by atoms with van der Waals surface area (Å²) in [7, 11) is -4.30. The first-order valence-electron chi connectivity index (χ1n) is 21.9. The van der Waals surface area contributed by atoms with E-state index in [9.17, 15) is 22.9 Å². The molecule has 0 heterocycles. The summed E-state index contributed by atoms with van der Waals surface area (Å²) >= 11 is 0. The van der Waals surface area contributed by atoms with Gasteiger partial charge in [-0.05, 0) is 38.5 Å². The number of rotatable bonds is 40. The molecule has 0 aromatic heterocycles. The fourth-order valence-corrected chi connectivity index (χ4v) is 7.68. The van der Waals surface area contributed by atoms with Crippen molar-refractivity contribution in [2.75, 3.05) is 5.75 Å². The van der Waals surface area contributed by atoms with Gasteiger partial charge in [-0.15, -0.1) is 0 Å². The average Bonchev–Trinajstić information content (AvgIpc) is 3.08. The largest absolute Gasteiger partial charge is 0.391 e. The second-order valence-electron chi connectivity index (χ2n) is 15.3. The van der Waals surface area contributed by atoms with Crippen LogP contribution in [0.2, 0.25) is 0 Å². The quantitative estimate of drug-likeness (QED) is 0.0331. The summed E-state index contributed by atoms with van der Waals surface area (Å²) in [5.74, 6) is -0.888. The van der Waals surface area contributed by atoms with Gasteiger partial charge in [-0.2, -0.15) is 8.42 Å². The maximum Gasteiger partial charge on any atom is 0.266 e. The Hall–Kier alpha value is -0.920. The van der Waals surface area contributed by atoms with Crippen LogP contribution in [0.4, 0.5) is 0 Å². The van der Waals surface area contributed by atoms with Crippen LogP contribution in [0.3, 0.4) is 0 Å². The zero-order valence-electron chi connectivity index (χ0n) is 33.3. The van der Waals surface area contributed by atoms with Gasteiger partial charge in [0.2, 0.25) is 5.91 Å². The number of hydrogen-bond acceptors (Lipinski definition) is 4. The van der Waals surface area contributed by atoms with E-state index in [1.54, 1.807) is 0 Å². The summed E-state index contributed by atoms with van der Waals surface area (Å²) in [6.45, 7) is 4.52. The average molecular weight is 728 g/mol. The predicted octanol–water partition coefficient (Wildman–Crippen LogP) is 13.0. The van der Waals surface area contributed by atoms with Crippen molar-refractivity contribution in [2.45, 2.75) is 251 Å². The van der Waals surface area contributed by atoms with E-state index in [2.05, 4.69) is 31.3 Å². The number of allylic oxidation sites excluding steroid dienone is 2. The highest BCUT2D eigenvalue weighted by Crippen LogP contribution is 2.16. The fourth-order valence-electron chi connectivity index (χ4n) is 6.92. The first kappa shape index (κ1) is 49.1. The molecule has 0 fully saturated rings. The lowest BCUT2D eigenvalue weighted by Crippen LogP contribution is -2.47. The molecule has 0 bridgehead atoms. The maximum absolute atomic E-state index is 12.5. The van der Waals surface area contributed by atoms with Gasteiger partial charge in [0.25, 0.3) is 10.1 Å². The van der Waals surface area contributed by atoms with Crippen molar-refractivity contribution in [1.82, 2.24) is 5.32 Å². The normalized spacial score (nSPS) is 13.3. The van der Waals surface area contributed by atoms with E-state index in [1.165, 1.54) is 173 Å². The van der Waals surface area contributed by atoms with Crippen LogP contribution in [0.5, 0.6) is 0 Å². The summed E-state index contributed by atoms with van der Waals surface area (Å²) in [6, 6.07) is -0.966. The van der Waals surface area contributed by atoms with Crippen LogP contribution in [0, 0.1) is 0 Å². The Bertz CT molecular complexity index is 846. The number of aliphatic hydroxyl groups is 1. The van der Waals surface area contributed by atoms with Crippen molar-refractivity contribution < 1.29 is 22.9 Å². The molecule has 0 radical (unpaired) electrons. The topological polar surface area (TPSA) is 104 Å². The van der Waals surface area contributed by atoms with Gasteiger partial charge in [0.15, 0.2) is 0 Å². The lowest BCUT2D eigenvalue weighted by Gasteiger charge is -2.23. The summed E-state index contributed by atoms with van der Waals surface area (Å²) in [5.41, 5.74) is 0. The van der Waals surface area contributed by atoms with Crippen molar-refractivity contribution in [2.24, 2.45) is 0 Å². The van der Waals surface area contributed by atoms with Crippen LogP contribution in [-0.4, -0.2) is 41.9 Å². The number of carbonyl (C=O) groups is 1. The van der Waals surface area contributed by atoms with Crippen molar-refractivity contribution in [3.05, 3.63) is 12.2 Å². The molecule has 0 aliphatic carbocycles. The van der Waals surface area contributed by atoms with E-state index in [-0.39, 0.29) is 5.91 Å². The van der Waals surface area contributed by atoms with Gasteiger partial charge in [0, 0.05) is 6.42 Å². The third-order valence-corrected chi connectivity index (χ3v) is 11.0. The molecule has 0 aromatic rings. The number of hydrogen-bond donors (Lipinski definition) is 3. The molecule has 0 aliphatic heterocycles. The molecule has 0 spiro atoms. The van der Waals surface area contributed by atoms with E-state index < -0.39 is 28.0 Å². The number of carbonyl (C=O) groups excluding carboxylic acids is 1. The van der Waals surface area contributed by atoms with E-state index in [0.717, 1.165) is 38.5 Å². The molecule has 3 N–H and O–H groups in total. The van der Waals surface area contributed by atoms with Gasteiger partial charge in [0.1, 0.15) is 0 Å². The second-order valence-corrected chi connectivity index (χ2v) is 16.8. The second kappa shape index (κ2) is 37.8. The van der Waals surface area contributed by atoms with Crippen molar-refractivity contribution >= 4 is 16.0 Å². The van der Waals surface area contributed by atoms with Crippen LogP contribution in [0.15, 0.2) is 12.2 Å². The van der Waals surface area contributed by atoms with Gasteiger partial charge in [-0.25, -0.2) is 0 Å². The van der Waals surface area contributed by atoms with E-state index in [1.807, 2.05) is 0 Å². The molecular weight excluding hydrogens is 643 g/mol. The Morgan fingerprint density at radius 1 is 0.520 bits per heavy atom. The highest BCUT2D eigenvalue weighted by molar-refractivity contribution is 7.85. The van der Waals surface area contributed by atoms with Crippen LogP contribution in [-0.2, 0) is 14.9 Å². The molecule has 298 valence electrons. The molecule has 1 amide bonds. The first-order valence-corrected chi connectivity index (χ1v) is 23.5. The number of amides is 1. The SMILES string of the molecule is CCCCCCCCCC/C=C\CCCCCCCCCCCCCC(=O)NC(CS(=O)(=O)O)C(O)CCCCCCCCCCCCCC. The van der Waals surface area contributed by atoms with Crippen molar-refractivity contribution in [3.63, 3.8) is 0 Å². The van der Waals surface area contributed by atoms with Crippen LogP contribution in [0.25, 0.3) is 0 Å². The Morgan fingerprint density at radius 2 is 0.840 bits per heavy atom. The third kappa shape index (κ3) is 38.3. The minimum absolute atomic E-state index is 0.244. The standard InChI is InChI=1S/C43H85NO5S/c1-3-5-7-9-11-13-15-17-18-19-20-21-22-23-24-25-26-27-29-31-33-35-37-39-43(46)44-41(40-50(47,48)49)42(45)38-36-34-32-30-28-16-14-12-10-8-6-4-2/h19-20,41-42,45H,3-18,21-40H2,1-2H3,(H,44,46)(H,47,48,49)/b20-19-. The van der Waals surface area contributed by atoms with E-state index in [4.69, 9.17) is 0 Å². The van der Waals surface area contributed by atoms with Crippen molar-refractivity contribution in [3.8, 4) is 0 Å². The Kier molecular flexibility index (Phi) is 37.1. The summed E-state index contributed by atoms with van der Waals surface area (Å²) in [6.07, 6.45) is 46.0. The number of nitrogens with one attached hydrogen (secondary N) is 1. The summed E-state index contributed by atoms with van der Waals surface area (Å²) < 4.78 is 32.5. The molecule has 0 aromatic carbocycles. The molecule has 0 rings (SSSR count). The lowest BCUT2D eigenvalue weighted by atomic mass is 10.0. The molecular formula is C43H85NO5S. The van der Waals surface area contributed by atoms with Crippen molar-refractivity contribution in [1.29, 1.82) is 0 Å². The van der Waals surface area contributed by atoms with E-state index >= 15 is 0 Å². The van der Waals surface area contributed by atoms with Crippen LogP contribution < -0.4 is 5.32 Å². The number of unbranched alkanes of at least 4 members (excludes halogenated alkanes) is 30. The smallest absolute Gasteiger partial charge is 0.266 e. The monoisotopic (exact) mass is 728 g/mol. The van der Waals surface area contributed by atoms with Crippen LogP contribution in [0.1, 0.15) is 239 Å². The fraction of sp³-hybridized carbons (Fsp3) is 0.930. The Morgan fingerprint density at radius 3 is 1.20 bits per heavy atom. The zero-order chi connectivity index (χ0) is 36.8. The molecule has 0 saturated carbocycles. The third-order valence-electron chi connectivity index (χ3n) is 10.2.